The third-order valence-corrected chi connectivity index (χ3v) is 3.63. The Morgan fingerprint density at radius 3 is 2.36 bits per heavy atom. The van der Waals surface area contributed by atoms with Crippen molar-refractivity contribution in [2.24, 2.45) is 0 Å². The largest absolute Gasteiger partial charge is 0.478 e. The molecule has 2 aromatic rings. The summed E-state index contributed by atoms with van der Waals surface area (Å²) in [5.41, 5.74) is 1.11. The Hall–Kier alpha value is -3.10. The first-order valence-electron chi connectivity index (χ1n) is 6.43. The van der Waals surface area contributed by atoms with Crippen LogP contribution >= 0.6 is 0 Å². The highest BCUT2D eigenvalue weighted by atomic mass is 16.4. The highest BCUT2D eigenvalue weighted by Crippen LogP contribution is 2.35. The first kappa shape index (κ1) is 13.9. The maximum Gasteiger partial charge on any atom is 0.432 e. The number of aryl methyl sites for hydroxylation is 1. The van der Waals surface area contributed by atoms with Crippen molar-refractivity contribution in [2.45, 2.75) is 19.3 Å². The van der Waals surface area contributed by atoms with Gasteiger partial charge in [-0.25, -0.2) is 14.4 Å². The van der Waals surface area contributed by atoms with Crippen LogP contribution in [0.2, 0.25) is 0 Å². The van der Waals surface area contributed by atoms with Crippen LogP contribution in [0.5, 0.6) is 0 Å². The van der Waals surface area contributed by atoms with Crippen molar-refractivity contribution < 1.29 is 29.7 Å². The Labute approximate surface area is 123 Å². The third-order valence-electron chi connectivity index (χ3n) is 3.63. The van der Waals surface area contributed by atoms with Gasteiger partial charge in [0, 0.05) is 23.7 Å². The van der Waals surface area contributed by atoms with E-state index in [-0.39, 0.29) is 16.8 Å². The van der Waals surface area contributed by atoms with Crippen molar-refractivity contribution in [3.8, 4) is 11.3 Å². The molecule has 22 heavy (non-hydrogen) atoms. The predicted octanol–water partition coefficient (Wildman–Crippen LogP) is 1.59. The van der Waals surface area contributed by atoms with Crippen LogP contribution in [0.3, 0.4) is 0 Å². The first-order valence-corrected chi connectivity index (χ1v) is 6.43. The first-order chi connectivity index (χ1) is 10.4. The number of fused-ring (bicyclic) bond motifs is 3. The van der Waals surface area contributed by atoms with Crippen LogP contribution in [0.15, 0.2) is 12.4 Å². The van der Waals surface area contributed by atoms with Gasteiger partial charge in [0.05, 0.1) is 11.3 Å². The fourth-order valence-corrected chi connectivity index (χ4v) is 2.74. The Kier molecular flexibility index (Phi) is 2.98. The van der Waals surface area contributed by atoms with E-state index in [1.165, 1.54) is 6.20 Å². The van der Waals surface area contributed by atoms with Gasteiger partial charge in [-0.3, -0.25) is 4.57 Å². The number of aromatic nitrogens is 3. The summed E-state index contributed by atoms with van der Waals surface area (Å²) in [6.45, 7) is 0. The number of hydrogen-bond donors (Lipinski definition) is 3. The number of carboxylic acids is 1. The molecule has 114 valence electrons. The molecule has 0 aromatic carbocycles. The zero-order valence-electron chi connectivity index (χ0n) is 11.2. The van der Waals surface area contributed by atoms with E-state index in [1.54, 1.807) is 0 Å². The van der Waals surface area contributed by atoms with Crippen molar-refractivity contribution in [3.05, 3.63) is 29.2 Å². The number of nitrogens with zero attached hydrogens (tertiary/aromatic N) is 3. The second kappa shape index (κ2) is 4.72. The molecule has 9 heteroatoms. The Morgan fingerprint density at radius 1 is 1.05 bits per heavy atom. The summed E-state index contributed by atoms with van der Waals surface area (Å²) in [6.07, 6.45) is 1.23. The maximum atomic E-state index is 11.4. The lowest BCUT2D eigenvalue weighted by atomic mass is 10.1. The number of aromatic carboxylic acids is 1. The lowest BCUT2D eigenvalue weighted by Gasteiger charge is -2.03. The van der Waals surface area contributed by atoms with Crippen molar-refractivity contribution in [2.75, 3.05) is 0 Å². The molecule has 0 bridgehead atoms. The number of carbonyl (C=O) groups is 3. The minimum Gasteiger partial charge on any atom is -0.478 e. The summed E-state index contributed by atoms with van der Waals surface area (Å²) in [6, 6.07) is 0. The van der Waals surface area contributed by atoms with Gasteiger partial charge in [-0.15, -0.1) is 0 Å². The summed E-state index contributed by atoms with van der Waals surface area (Å²) < 4.78 is 1.58. The Morgan fingerprint density at radius 2 is 1.77 bits per heavy atom. The van der Waals surface area contributed by atoms with Gasteiger partial charge in [0.25, 0.3) is 0 Å². The smallest absolute Gasteiger partial charge is 0.432 e. The molecule has 0 unspecified atom stereocenters. The van der Waals surface area contributed by atoms with Crippen LogP contribution in [0, 0.1) is 0 Å². The van der Waals surface area contributed by atoms with Crippen LogP contribution in [0.25, 0.3) is 11.3 Å². The van der Waals surface area contributed by atoms with Crippen LogP contribution in [-0.2, 0) is 12.8 Å². The average Bonchev–Trinajstić information content (AvgIpc) is 2.97. The minimum atomic E-state index is -1.29. The second-order valence-electron chi connectivity index (χ2n) is 4.91. The van der Waals surface area contributed by atoms with E-state index in [0.717, 1.165) is 10.8 Å². The van der Waals surface area contributed by atoms with Gasteiger partial charge in [0.2, 0.25) is 0 Å². The summed E-state index contributed by atoms with van der Waals surface area (Å²) in [5, 5.41) is 31.5. The lowest BCUT2D eigenvalue weighted by Crippen LogP contribution is -2.11. The van der Waals surface area contributed by atoms with Gasteiger partial charge in [0.15, 0.2) is 0 Å². The highest BCUT2D eigenvalue weighted by molar-refractivity contribution is 5.98. The average molecular weight is 305 g/mol. The fraction of sp³-hybridized carbons (Fsp3) is 0.231. The van der Waals surface area contributed by atoms with Gasteiger partial charge in [-0.1, -0.05) is 0 Å². The normalized spacial score (nSPS) is 13.1. The molecule has 3 N–H and O–H groups in total. The number of rotatable bonds is 1. The summed E-state index contributed by atoms with van der Waals surface area (Å²) in [4.78, 5) is 33.7. The molecule has 2 heterocycles. The van der Waals surface area contributed by atoms with E-state index in [4.69, 9.17) is 5.11 Å². The molecule has 2 aromatic heterocycles. The lowest BCUT2D eigenvalue weighted by molar-refractivity contribution is 0.0697. The number of hydrogen-bond acceptors (Lipinski definition) is 4. The molecule has 0 amide bonds. The topological polar surface area (TPSA) is 135 Å². The van der Waals surface area contributed by atoms with E-state index >= 15 is 0 Å². The fourth-order valence-electron chi connectivity index (χ4n) is 2.74. The van der Waals surface area contributed by atoms with Crippen molar-refractivity contribution in [1.29, 1.82) is 0 Å². The van der Waals surface area contributed by atoms with Gasteiger partial charge in [-0.2, -0.15) is 9.78 Å². The molecule has 9 nitrogen and oxygen atoms in total. The Bertz CT molecular complexity index is 816. The summed E-state index contributed by atoms with van der Waals surface area (Å²) in [7, 11) is 0. The van der Waals surface area contributed by atoms with E-state index in [9.17, 15) is 24.6 Å². The van der Waals surface area contributed by atoms with Gasteiger partial charge in [-0.05, 0) is 24.8 Å². The quantitative estimate of drug-likeness (QED) is 0.728. The van der Waals surface area contributed by atoms with Crippen molar-refractivity contribution >= 4 is 18.2 Å². The maximum absolute atomic E-state index is 11.4. The zero-order chi connectivity index (χ0) is 16.0. The Balaban J connectivity index is 2.33. The van der Waals surface area contributed by atoms with Crippen LogP contribution in [0.1, 0.15) is 28.0 Å². The molecule has 1 aliphatic carbocycles. The SMILES string of the molecule is O=C(O)c1cn(C(=O)O)c2c1-c1nn(C(=O)O)cc1CCC2. The molecule has 0 atom stereocenters. The predicted molar refractivity (Wildman–Crippen MR) is 71.5 cm³/mol. The van der Waals surface area contributed by atoms with E-state index in [0.29, 0.717) is 35.2 Å². The standard InChI is InChI=1S/C13H11N3O6/c17-11(18)7-5-15(12(19)20)8-3-1-2-6-4-16(13(21)22)14-10(6)9(7)8/h4-5H,1-3H2,(H,17,18)(H,19,20)(H,21,22). The van der Waals surface area contributed by atoms with Gasteiger partial charge in [0.1, 0.15) is 0 Å². The molecular formula is C13H11N3O6. The molecular weight excluding hydrogens is 294 g/mol. The molecule has 0 saturated heterocycles. The van der Waals surface area contributed by atoms with Crippen molar-refractivity contribution in [3.63, 3.8) is 0 Å². The van der Waals surface area contributed by atoms with Crippen LogP contribution in [0.4, 0.5) is 9.59 Å². The van der Waals surface area contributed by atoms with Gasteiger partial charge < -0.3 is 15.3 Å². The molecule has 3 rings (SSSR count). The highest BCUT2D eigenvalue weighted by Gasteiger charge is 2.30. The molecule has 0 spiro atoms. The van der Waals surface area contributed by atoms with E-state index in [1.807, 2.05) is 0 Å². The monoisotopic (exact) mass is 305 g/mol. The van der Waals surface area contributed by atoms with Gasteiger partial charge >= 0.3 is 18.2 Å². The number of carboxylic acid groups (broad SMARTS) is 3. The molecule has 1 aliphatic rings. The van der Waals surface area contributed by atoms with Crippen LogP contribution in [-0.4, -0.2) is 47.8 Å². The third kappa shape index (κ3) is 1.94. The molecule has 0 fully saturated rings. The van der Waals surface area contributed by atoms with E-state index < -0.39 is 18.2 Å². The molecule has 0 saturated carbocycles. The van der Waals surface area contributed by atoms with Crippen LogP contribution < -0.4 is 0 Å². The van der Waals surface area contributed by atoms with E-state index in [2.05, 4.69) is 5.10 Å². The summed E-state index contributed by atoms with van der Waals surface area (Å²) >= 11 is 0. The minimum absolute atomic E-state index is 0.183. The molecule has 0 radical (unpaired) electrons. The summed E-state index contributed by atoms with van der Waals surface area (Å²) in [5.74, 6) is -1.28. The second-order valence-corrected chi connectivity index (χ2v) is 4.91. The zero-order valence-corrected chi connectivity index (χ0v) is 11.2. The van der Waals surface area contributed by atoms with Crippen molar-refractivity contribution in [1.82, 2.24) is 14.3 Å². The molecule has 0 aliphatic heterocycles.